The second-order valence-corrected chi connectivity index (χ2v) is 5.22. The molecule has 1 rings (SSSR count). The third-order valence-electron chi connectivity index (χ3n) is 2.92. The maximum absolute atomic E-state index is 11.8. The molecule has 4 nitrogen and oxygen atoms in total. The molecule has 20 heavy (non-hydrogen) atoms. The number of carbonyl (C=O) groups excluding carboxylic acids is 1. The maximum atomic E-state index is 11.8. The molecule has 0 bridgehead atoms. The minimum Gasteiger partial charge on any atom is -0.480 e. The van der Waals surface area contributed by atoms with Gasteiger partial charge in [0.2, 0.25) is 5.91 Å². The van der Waals surface area contributed by atoms with Crippen LogP contribution in [0.15, 0.2) is 30.3 Å². The van der Waals surface area contributed by atoms with Gasteiger partial charge in [0, 0.05) is 6.08 Å². The zero-order valence-corrected chi connectivity index (χ0v) is 12.1. The Morgan fingerprint density at radius 1 is 1.30 bits per heavy atom. The molecule has 0 aromatic heterocycles. The Kier molecular flexibility index (Phi) is 5.97. The first-order chi connectivity index (χ1) is 9.40. The van der Waals surface area contributed by atoms with Crippen molar-refractivity contribution in [1.82, 2.24) is 5.32 Å². The summed E-state index contributed by atoms with van der Waals surface area (Å²) in [6.07, 6.45) is 3.48. The van der Waals surface area contributed by atoms with Crippen LogP contribution in [0.1, 0.15) is 31.4 Å². The summed E-state index contributed by atoms with van der Waals surface area (Å²) >= 11 is 0. The molecular weight excluding hydrogens is 254 g/mol. The number of nitrogens with one attached hydrogen (secondary N) is 1. The van der Waals surface area contributed by atoms with Crippen LogP contribution in [-0.2, 0) is 9.59 Å². The molecule has 1 amide bonds. The largest absolute Gasteiger partial charge is 0.480 e. The Bertz CT molecular complexity index is 506. The van der Waals surface area contributed by atoms with Crippen molar-refractivity contribution in [3.05, 3.63) is 41.5 Å². The van der Waals surface area contributed by atoms with Crippen molar-refractivity contribution in [3.8, 4) is 0 Å². The molecule has 0 aliphatic carbocycles. The second kappa shape index (κ2) is 7.48. The summed E-state index contributed by atoms with van der Waals surface area (Å²) in [6.45, 7) is 5.80. The van der Waals surface area contributed by atoms with Gasteiger partial charge in [-0.1, -0.05) is 38.1 Å². The van der Waals surface area contributed by atoms with Crippen LogP contribution in [0.25, 0.3) is 6.08 Å². The number of carbonyl (C=O) groups is 2. The van der Waals surface area contributed by atoms with Crippen LogP contribution >= 0.6 is 0 Å². The van der Waals surface area contributed by atoms with Crippen LogP contribution < -0.4 is 5.32 Å². The Balaban J connectivity index is 2.66. The summed E-state index contributed by atoms with van der Waals surface area (Å²) in [5.41, 5.74) is 2.01. The summed E-state index contributed by atoms with van der Waals surface area (Å²) < 4.78 is 0. The molecule has 0 heterocycles. The second-order valence-electron chi connectivity index (χ2n) is 5.22. The maximum Gasteiger partial charge on any atom is 0.326 e. The smallest absolute Gasteiger partial charge is 0.326 e. The van der Waals surface area contributed by atoms with E-state index in [9.17, 15) is 9.59 Å². The van der Waals surface area contributed by atoms with Crippen LogP contribution in [0.3, 0.4) is 0 Å². The number of hydrogen-bond donors (Lipinski definition) is 2. The summed E-state index contributed by atoms with van der Waals surface area (Å²) in [6, 6.07) is 6.83. The monoisotopic (exact) mass is 275 g/mol. The van der Waals surface area contributed by atoms with Crippen molar-refractivity contribution in [3.63, 3.8) is 0 Å². The molecule has 1 aromatic carbocycles. The topological polar surface area (TPSA) is 66.4 Å². The van der Waals surface area contributed by atoms with Gasteiger partial charge in [-0.3, -0.25) is 4.79 Å². The predicted molar refractivity (Wildman–Crippen MR) is 79.2 cm³/mol. The summed E-state index contributed by atoms with van der Waals surface area (Å²) in [5, 5.41) is 11.6. The molecule has 108 valence electrons. The van der Waals surface area contributed by atoms with Crippen LogP contribution in [-0.4, -0.2) is 23.0 Å². The van der Waals surface area contributed by atoms with Crippen molar-refractivity contribution in [2.45, 2.75) is 33.2 Å². The molecule has 0 aliphatic heterocycles. The molecule has 4 heteroatoms. The van der Waals surface area contributed by atoms with Crippen LogP contribution in [0.5, 0.6) is 0 Å². The lowest BCUT2D eigenvalue weighted by molar-refractivity contribution is -0.141. The number of aliphatic carboxylic acids is 1. The molecular formula is C16H21NO3. The van der Waals surface area contributed by atoms with Crippen molar-refractivity contribution < 1.29 is 14.7 Å². The average Bonchev–Trinajstić information content (AvgIpc) is 2.36. The van der Waals surface area contributed by atoms with Gasteiger partial charge < -0.3 is 10.4 Å². The Morgan fingerprint density at radius 3 is 2.50 bits per heavy atom. The average molecular weight is 275 g/mol. The van der Waals surface area contributed by atoms with E-state index < -0.39 is 12.0 Å². The van der Waals surface area contributed by atoms with E-state index in [1.54, 1.807) is 6.08 Å². The molecule has 0 saturated carbocycles. The first-order valence-electron chi connectivity index (χ1n) is 6.67. The number of rotatable bonds is 6. The van der Waals surface area contributed by atoms with Crippen molar-refractivity contribution >= 4 is 18.0 Å². The van der Waals surface area contributed by atoms with Gasteiger partial charge in [0.25, 0.3) is 0 Å². The molecule has 1 unspecified atom stereocenters. The number of benzene rings is 1. The molecule has 0 fully saturated rings. The molecule has 2 N–H and O–H groups in total. The number of carboxylic acid groups (broad SMARTS) is 1. The number of aryl methyl sites for hydroxylation is 1. The highest BCUT2D eigenvalue weighted by atomic mass is 16.4. The van der Waals surface area contributed by atoms with Gasteiger partial charge in [-0.15, -0.1) is 0 Å². The van der Waals surface area contributed by atoms with E-state index in [0.717, 1.165) is 11.1 Å². The molecule has 0 aliphatic rings. The Hall–Kier alpha value is -2.10. The summed E-state index contributed by atoms with van der Waals surface area (Å²) in [4.78, 5) is 22.8. The van der Waals surface area contributed by atoms with Crippen LogP contribution in [0.4, 0.5) is 0 Å². The van der Waals surface area contributed by atoms with Gasteiger partial charge in [0.05, 0.1) is 0 Å². The van der Waals surface area contributed by atoms with Gasteiger partial charge in [0.15, 0.2) is 0 Å². The van der Waals surface area contributed by atoms with Gasteiger partial charge >= 0.3 is 5.97 Å². The lowest BCUT2D eigenvalue weighted by Gasteiger charge is -2.15. The first kappa shape index (κ1) is 16.0. The van der Waals surface area contributed by atoms with E-state index in [-0.39, 0.29) is 11.8 Å². The fourth-order valence-corrected chi connectivity index (χ4v) is 1.85. The third-order valence-corrected chi connectivity index (χ3v) is 2.92. The van der Waals surface area contributed by atoms with Gasteiger partial charge in [-0.25, -0.2) is 4.79 Å². The Labute approximate surface area is 119 Å². The lowest BCUT2D eigenvalue weighted by atomic mass is 10.0. The van der Waals surface area contributed by atoms with Crippen molar-refractivity contribution in [2.75, 3.05) is 0 Å². The number of carboxylic acids is 1. The zero-order valence-electron chi connectivity index (χ0n) is 12.1. The van der Waals surface area contributed by atoms with E-state index in [4.69, 9.17) is 5.11 Å². The van der Waals surface area contributed by atoms with Crippen molar-refractivity contribution in [1.29, 1.82) is 0 Å². The minimum atomic E-state index is -1.00. The summed E-state index contributed by atoms with van der Waals surface area (Å²) in [5.74, 6) is -1.19. The number of amides is 1. The molecule has 0 spiro atoms. The minimum absolute atomic E-state index is 0.205. The standard InChI is InChI=1S/C16H21NO3/c1-11(2)10-14(16(19)20)17-15(18)9-8-13-7-5-4-6-12(13)3/h4-9,11,14H,10H2,1-3H3,(H,17,18)(H,19,20)/b9-8+. The van der Waals surface area contributed by atoms with Gasteiger partial charge in [-0.05, 0) is 36.5 Å². The molecule has 1 aromatic rings. The predicted octanol–water partition coefficient (Wildman–Crippen LogP) is 2.62. The molecule has 0 saturated heterocycles. The van der Waals surface area contributed by atoms with E-state index in [1.165, 1.54) is 6.08 Å². The Morgan fingerprint density at radius 2 is 1.95 bits per heavy atom. The summed E-state index contributed by atoms with van der Waals surface area (Å²) in [7, 11) is 0. The van der Waals surface area contributed by atoms with E-state index >= 15 is 0 Å². The normalized spacial score (nSPS) is 12.6. The zero-order chi connectivity index (χ0) is 15.1. The van der Waals surface area contributed by atoms with E-state index in [1.807, 2.05) is 45.0 Å². The van der Waals surface area contributed by atoms with Crippen LogP contribution in [0.2, 0.25) is 0 Å². The third kappa shape index (κ3) is 5.26. The van der Waals surface area contributed by atoms with Crippen LogP contribution in [0, 0.1) is 12.8 Å². The van der Waals surface area contributed by atoms with E-state index in [0.29, 0.717) is 6.42 Å². The molecule has 1 atom stereocenters. The highest BCUT2D eigenvalue weighted by Gasteiger charge is 2.19. The van der Waals surface area contributed by atoms with Gasteiger partial charge in [-0.2, -0.15) is 0 Å². The SMILES string of the molecule is Cc1ccccc1/C=C/C(=O)NC(CC(C)C)C(=O)O. The highest BCUT2D eigenvalue weighted by Crippen LogP contribution is 2.09. The van der Waals surface area contributed by atoms with Crippen molar-refractivity contribution in [2.24, 2.45) is 5.92 Å². The molecule has 0 radical (unpaired) electrons. The van der Waals surface area contributed by atoms with Gasteiger partial charge in [0.1, 0.15) is 6.04 Å². The first-order valence-corrected chi connectivity index (χ1v) is 6.67. The lowest BCUT2D eigenvalue weighted by Crippen LogP contribution is -2.40. The number of hydrogen-bond acceptors (Lipinski definition) is 2. The fraction of sp³-hybridized carbons (Fsp3) is 0.375. The highest BCUT2D eigenvalue weighted by molar-refractivity contribution is 5.94. The van der Waals surface area contributed by atoms with E-state index in [2.05, 4.69) is 5.32 Å². The quantitative estimate of drug-likeness (QED) is 0.784. The fourth-order valence-electron chi connectivity index (χ4n) is 1.85.